The predicted molar refractivity (Wildman–Crippen MR) is 99.0 cm³/mol. The largest absolute Gasteiger partial charge is 0.508 e. The number of phenolic OH excluding ortho intramolecular Hbond substituents is 1. The summed E-state index contributed by atoms with van der Waals surface area (Å²) < 4.78 is 1.91. The fourth-order valence-electron chi connectivity index (χ4n) is 4.77. The number of hydrogen-bond acceptors (Lipinski definition) is 4. The van der Waals surface area contributed by atoms with E-state index in [1.165, 1.54) is 4.90 Å². The van der Waals surface area contributed by atoms with E-state index in [0.717, 1.165) is 56.6 Å². The van der Waals surface area contributed by atoms with Crippen molar-refractivity contribution >= 4 is 5.91 Å². The first-order valence-electron chi connectivity index (χ1n) is 10.0. The molecule has 1 aliphatic carbocycles. The molecule has 1 amide bonds. The maximum absolute atomic E-state index is 12.5. The van der Waals surface area contributed by atoms with E-state index in [9.17, 15) is 9.90 Å². The van der Waals surface area contributed by atoms with E-state index in [2.05, 4.69) is 15.6 Å². The van der Waals surface area contributed by atoms with Gasteiger partial charge < -0.3 is 15.3 Å². The fraction of sp³-hybridized carbons (Fsp3) is 0.550. The molecule has 1 aromatic heterocycles. The van der Waals surface area contributed by atoms with E-state index >= 15 is 0 Å². The summed E-state index contributed by atoms with van der Waals surface area (Å²) in [6.45, 7) is 2.92. The summed E-state index contributed by atoms with van der Waals surface area (Å²) in [5, 5.41) is 21.4. The van der Waals surface area contributed by atoms with Gasteiger partial charge in [0.05, 0.1) is 31.7 Å². The Kier molecular flexibility index (Phi) is 4.11. The van der Waals surface area contributed by atoms with Gasteiger partial charge in [-0.1, -0.05) is 17.3 Å². The second-order valence-electron chi connectivity index (χ2n) is 8.36. The Morgan fingerprint density at radius 1 is 1.33 bits per heavy atom. The van der Waals surface area contributed by atoms with Crippen LogP contribution in [0.3, 0.4) is 0 Å². The summed E-state index contributed by atoms with van der Waals surface area (Å²) in [4.78, 5) is 14.0. The van der Waals surface area contributed by atoms with Gasteiger partial charge in [0.1, 0.15) is 17.5 Å². The van der Waals surface area contributed by atoms with Crippen LogP contribution in [0, 0.1) is 11.8 Å². The van der Waals surface area contributed by atoms with Crippen molar-refractivity contribution < 1.29 is 14.8 Å². The number of nitrogens with zero attached hydrogens (tertiary/aromatic N) is 3. The first-order valence-corrected chi connectivity index (χ1v) is 10.0. The number of rotatable bonds is 5. The molecule has 3 aliphatic heterocycles. The maximum Gasteiger partial charge on any atom is 0.229 e. The molecule has 27 heavy (non-hydrogen) atoms. The van der Waals surface area contributed by atoms with Gasteiger partial charge in [-0.15, -0.1) is 5.10 Å². The third-order valence-electron chi connectivity index (χ3n) is 6.40. The Morgan fingerprint density at radius 3 is 2.96 bits per heavy atom. The topological polar surface area (TPSA) is 84.5 Å². The number of carbonyl (C=O) groups excluding carboxylic acids is 1. The SMILES string of the molecule is O=C(NC1CC1)[C@H]1C[NH+]2CC[C@@H]1C[C@@H]2Cn1cc(-c2cccc(O)c2)nn1. The molecule has 1 saturated carbocycles. The van der Waals surface area contributed by atoms with Crippen molar-refractivity contribution in [3.63, 3.8) is 0 Å². The van der Waals surface area contributed by atoms with E-state index in [0.29, 0.717) is 18.0 Å². The fourth-order valence-corrected chi connectivity index (χ4v) is 4.77. The predicted octanol–water partition coefficient (Wildman–Crippen LogP) is 0.223. The number of amides is 1. The highest BCUT2D eigenvalue weighted by molar-refractivity contribution is 5.79. The number of phenols is 1. The molecule has 142 valence electrons. The standard InChI is InChI=1S/C20H25N5O2/c26-17-3-1-2-14(9-17)19-12-25(23-22-19)10-16-8-13-6-7-24(16)11-18(13)20(27)21-15-4-5-15/h1-3,9,12-13,15-16,18,26H,4-8,10-11H2,(H,21,27)/p+1/t13-,16-,18+/m1/s1. The minimum Gasteiger partial charge on any atom is -0.508 e. The van der Waals surface area contributed by atoms with Crippen LogP contribution < -0.4 is 10.2 Å². The number of quaternary nitrogens is 1. The molecule has 4 fully saturated rings. The molecule has 3 saturated heterocycles. The number of aromatic nitrogens is 3. The highest BCUT2D eigenvalue weighted by atomic mass is 16.3. The van der Waals surface area contributed by atoms with Gasteiger partial charge in [0.2, 0.25) is 5.91 Å². The van der Waals surface area contributed by atoms with E-state index in [1.807, 2.05) is 23.0 Å². The Labute approximate surface area is 158 Å². The Hall–Kier alpha value is -2.41. The van der Waals surface area contributed by atoms with Gasteiger partial charge in [0, 0.05) is 24.4 Å². The van der Waals surface area contributed by atoms with Gasteiger partial charge >= 0.3 is 0 Å². The molecule has 7 heteroatoms. The minimum absolute atomic E-state index is 0.184. The Balaban J connectivity index is 1.24. The van der Waals surface area contributed by atoms with E-state index < -0.39 is 0 Å². The normalized spacial score (nSPS) is 29.6. The summed E-state index contributed by atoms with van der Waals surface area (Å²) in [7, 11) is 0. The van der Waals surface area contributed by atoms with Crippen molar-refractivity contribution in [1.82, 2.24) is 20.3 Å². The van der Waals surface area contributed by atoms with Gasteiger partial charge in [-0.25, -0.2) is 4.68 Å². The lowest BCUT2D eigenvalue weighted by atomic mass is 9.75. The molecule has 6 rings (SSSR count). The minimum atomic E-state index is 0.184. The zero-order valence-corrected chi connectivity index (χ0v) is 15.3. The number of aromatic hydroxyl groups is 1. The van der Waals surface area contributed by atoms with E-state index in [4.69, 9.17) is 0 Å². The molecule has 4 atom stereocenters. The molecule has 3 N–H and O–H groups in total. The molecule has 2 aromatic rings. The molecule has 4 aliphatic rings. The van der Waals surface area contributed by atoms with Gasteiger partial charge in [-0.3, -0.25) is 4.79 Å². The number of carbonyl (C=O) groups is 1. The van der Waals surface area contributed by atoms with Crippen molar-refractivity contribution in [3.05, 3.63) is 30.5 Å². The highest BCUT2D eigenvalue weighted by Crippen LogP contribution is 2.29. The summed E-state index contributed by atoms with van der Waals surface area (Å²) in [5.74, 6) is 1.20. The van der Waals surface area contributed by atoms with Gasteiger partial charge in [0.25, 0.3) is 0 Å². The Bertz CT molecular complexity index is 846. The highest BCUT2D eigenvalue weighted by Gasteiger charge is 2.47. The number of hydrogen-bond donors (Lipinski definition) is 3. The second kappa shape index (κ2) is 6.64. The maximum atomic E-state index is 12.5. The quantitative estimate of drug-likeness (QED) is 0.705. The first-order chi connectivity index (χ1) is 13.2. The number of nitrogens with one attached hydrogen (secondary N) is 2. The van der Waals surface area contributed by atoms with E-state index in [-0.39, 0.29) is 17.6 Å². The van der Waals surface area contributed by atoms with Crippen LogP contribution in [0.15, 0.2) is 30.5 Å². The van der Waals surface area contributed by atoms with Crippen LogP contribution in [0.5, 0.6) is 5.75 Å². The molecular formula is C20H26N5O2+. The lowest BCUT2D eigenvalue weighted by Crippen LogP contribution is -3.20. The molecule has 2 bridgehead atoms. The third kappa shape index (κ3) is 3.43. The lowest BCUT2D eigenvalue weighted by Gasteiger charge is -2.46. The summed E-state index contributed by atoms with van der Waals surface area (Å²) >= 11 is 0. The van der Waals surface area contributed by atoms with Crippen LogP contribution in [0.2, 0.25) is 0 Å². The zero-order valence-electron chi connectivity index (χ0n) is 15.3. The molecule has 1 aromatic carbocycles. The van der Waals surface area contributed by atoms with Crippen molar-refractivity contribution in [2.45, 2.75) is 44.3 Å². The summed E-state index contributed by atoms with van der Waals surface area (Å²) in [5.41, 5.74) is 1.65. The number of fused-ring (bicyclic) bond motifs is 3. The van der Waals surface area contributed by atoms with Gasteiger partial charge in [-0.2, -0.15) is 0 Å². The molecule has 0 spiro atoms. The van der Waals surface area contributed by atoms with Crippen LogP contribution in [-0.2, 0) is 11.3 Å². The van der Waals surface area contributed by atoms with Gasteiger partial charge in [0.15, 0.2) is 0 Å². The average Bonchev–Trinajstić information content (AvgIpc) is 3.37. The van der Waals surface area contributed by atoms with Crippen LogP contribution in [0.25, 0.3) is 11.3 Å². The Morgan fingerprint density at radius 2 is 2.22 bits per heavy atom. The van der Waals surface area contributed by atoms with Gasteiger partial charge in [-0.05, 0) is 30.9 Å². The molecule has 4 heterocycles. The van der Waals surface area contributed by atoms with Crippen molar-refractivity contribution in [2.24, 2.45) is 11.8 Å². The monoisotopic (exact) mass is 368 g/mol. The molecule has 7 nitrogen and oxygen atoms in total. The van der Waals surface area contributed by atoms with Crippen LogP contribution in [-0.4, -0.2) is 51.2 Å². The first kappa shape index (κ1) is 16.7. The number of piperidine rings is 3. The smallest absolute Gasteiger partial charge is 0.229 e. The van der Waals surface area contributed by atoms with Crippen LogP contribution >= 0.6 is 0 Å². The average molecular weight is 368 g/mol. The zero-order chi connectivity index (χ0) is 18.4. The summed E-state index contributed by atoms with van der Waals surface area (Å²) in [6.07, 6.45) is 6.49. The number of benzene rings is 1. The van der Waals surface area contributed by atoms with Crippen molar-refractivity contribution in [1.29, 1.82) is 0 Å². The van der Waals surface area contributed by atoms with Crippen molar-refractivity contribution in [3.8, 4) is 17.0 Å². The molecule has 1 unspecified atom stereocenters. The van der Waals surface area contributed by atoms with E-state index in [1.54, 1.807) is 12.1 Å². The van der Waals surface area contributed by atoms with Crippen molar-refractivity contribution in [2.75, 3.05) is 13.1 Å². The van der Waals surface area contributed by atoms with Crippen LogP contribution in [0.1, 0.15) is 25.7 Å². The third-order valence-corrected chi connectivity index (χ3v) is 6.40. The lowest BCUT2D eigenvalue weighted by molar-refractivity contribution is -0.945. The second-order valence-corrected chi connectivity index (χ2v) is 8.36. The summed E-state index contributed by atoms with van der Waals surface area (Å²) in [6, 6.07) is 8.03. The molecular weight excluding hydrogens is 342 g/mol. The molecule has 0 radical (unpaired) electrons. The van der Waals surface area contributed by atoms with Crippen LogP contribution in [0.4, 0.5) is 0 Å².